The van der Waals surface area contributed by atoms with Crippen LogP contribution in [0, 0.1) is 0 Å². The Balaban J connectivity index is 1.52. The smallest absolute Gasteiger partial charge is 0.0343 e. The van der Waals surface area contributed by atoms with Crippen LogP contribution in [0.15, 0.2) is 0 Å². The van der Waals surface area contributed by atoms with Crippen molar-refractivity contribution in [3.63, 3.8) is 0 Å². The molecule has 122 valence electrons. The maximum Gasteiger partial charge on any atom is 0.0343 e. The molecule has 3 aliphatic heterocycles. The number of hydrogen-bond acceptors (Lipinski definition) is 6. The van der Waals surface area contributed by atoms with Gasteiger partial charge in [0.1, 0.15) is 0 Å². The Hall–Kier alpha value is -0.240. The summed E-state index contributed by atoms with van der Waals surface area (Å²) in [6, 6.07) is 1.85. The number of piperazine rings is 3. The molecule has 3 unspecified atom stereocenters. The highest BCUT2D eigenvalue weighted by Crippen LogP contribution is 2.16. The van der Waals surface area contributed by atoms with Gasteiger partial charge in [0, 0.05) is 77.0 Å². The van der Waals surface area contributed by atoms with Gasteiger partial charge in [-0.1, -0.05) is 0 Å². The van der Waals surface area contributed by atoms with Crippen molar-refractivity contribution in [1.29, 1.82) is 0 Å². The van der Waals surface area contributed by atoms with Gasteiger partial charge in [-0.05, 0) is 20.8 Å². The van der Waals surface area contributed by atoms with Gasteiger partial charge < -0.3 is 10.6 Å². The zero-order chi connectivity index (χ0) is 14.8. The average molecular weight is 296 g/mol. The minimum absolute atomic E-state index is 0.604. The molecule has 3 saturated heterocycles. The Labute approximate surface area is 129 Å². The van der Waals surface area contributed by atoms with Gasteiger partial charge in [0.05, 0.1) is 0 Å². The van der Waals surface area contributed by atoms with Gasteiger partial charge in [-0.25, -0.2) is 20.0 Å². The molecule has 2 N–H and O–H groups in total. The van der Waals surface area contributed by atoms with Crippen LogP contribution in [0.5, 0.6) is 0 Å². The standard InChI is InChI=1S/C15H32N6/c1-13-12-21(15(3)11-17-13)19-8-6-18(7-9-19)20-5-4-16-10-14(20)2/h13-17H,4-12H2,1-3H3. The van der Waals surface area contributed by atoms with E-state index in [1.54, 1.807) is 0 Å². The van der Waals surface area contributed by atoms with Crippen LogP contribution in [0.4, 0.5) is 0 Å². The molecule has 0 aromatic heterocycles. The summed E-state index contributed by atoms with van der Waals surface area (Å²) < 4.78 is 0. The molecule has 0 aromatic carbocycles. The molecular formula is C15H32N6. The Bertz CT molecular complexity index is 330. The van der Waals surface area contributed by atoms with Crippen molar-refractivity contribution in [3.8, 4) is 0 Å². The summed E-state index contributed by atoms with van der Waals surface area (Å²) in [5.41, 5.74) is 0. The molecular weight excluding hydrogens is 264 g/mol. The van der Waals surface area contributed by atoms with Crippen molar-refractivity contribution < 1.29 is 0 Å². The number of hydrogen-bond donors (Lipinski definition) is 2. The summed E-state index contributed by atoms with van der Waals surface area (Å²) in [5.74, 6) is 0. The van der Waals surface area contributed by atoms with E-state index in [-0.39, 0.29) is 0 Å². The van der Waals surface area contributed by atoms with Crippen LogP contribution < -0.4 is 10.6 Å². The second kappa shape index (κ2) is 6.89. The van der Waals surface area contributed by atoms with Crippen molar-refractivity contribution >= 4 is 0 Å². The van der Waals surface area contributed by atoms with E-state index in [2.05, 4.69) is 51.4 Å². The third kappa shape index (κ3) is 3.57. The lowest BCUT2D eigenvalue weighted by Crippen LogP contribution is -2.66. The van der Waals surface area contributed by atoms with Gasteiger partial charge >= 0.3 is 0 Å². The zero-order valence-corrected chi connectivity index (χ0v) is 13.9. The molecule has 0 radical (unpaired) electrons. The quantitative estimate of drug-likeness (QED) is 0.709. The first-order valence-corrected chi connectivity index (χ1v) is 8.62. The normalized spacial score (nSPS) is 38.7. The van der Waals surface area contributed by atoms with E-state index in [0.29, 0.717) is 18.1 Å². The molecule has 0 bridgehead atoms. The van der Waals surface area contributed by atoms with Crippen LogP contribution in [0.3, 0.4) is 0 Å². The number of nitrogens with one attached hydrogen (secondary N) is 2. The van der Waals surface area contributed by atoms with Gasteiger partial charge in [-0.2, -0.15) is 0 Å². The predicted molar refractivity (Wildman–Crippen MR) is 85.8 cm³/mol. The fourth-order valence-corrected chi connectivity index (χ4v) is 3.85. The summed E-state index contributed by atoms with van der Waals surface area (Å²) in [7, 11) is 0. The van der Waals surface area contributed by atoms with Crippen molar-refractivity contribution in [2.75, 3.05) is 58.9 Å². The molecule has 6 heteroatoms. The first kappa shape index (κ1) is 15.6. The third-order valence-electron chi connectivity index (χ3n) is 5.16. The highest BCUT2D eigenvalue weighted by molar-refractivity contribution is 4.83. The summed E-state index contributed by atoms with van der Waals surface area (Å²) in [5, 5.41) is 17.4. The van der Waals surface area contributed by atoms with Crippen LogP contribution in [-0.2, 0) is 0 Å². The van der Waals surface area contributed by atoms with Gasteiger partial charge in [-0.15, -0.1) is 0 Å². The van der Waals surface area contributed by atoms with Crippen molar-refractivity contribution in [2.45, 2.75) is 38.9 Å². The monoisotopic (exact) mass is 296 g/mol. The third-order valence-corrected chi connectivity index (χ3v) is 5.16. The Morgan fingerprint density at radius 3 is 2.05 bits per heavy atom. The van der Waals surface area contributed by atoms with Crippen LogP contribution in [0.2, 0.25) is 0 Å². The van der Waals surface area contributed by atoms with Gasteiger partial charge in [0.2, 0.25) is 0 Å². The second-order valence-corrected chi connectivity index (χ2v) is 6.90. The molecule has 0 aliphatic carbocycles. The lowest BCUT2D eigenvalue weighted by molar-refractivity contribution is -0.148. The molecule has 21 heavy (non-hydrogen) atoms. The molecule has 6 nitrogen and oxygen atoms in total. The highest BCUT2D eigenvalue weighted by atomic mass is 15.7. The number of rotatable bonds is 2. The topological polar surface area (TPSA) is 37.0 Å². The Kier molecular flexibility index (Phi) is 5.14. The van der Waals surface area contributed by atoms with E-state index in [1.165, 1.54) is 0 Å². The Morgan fingerprint density at radius 1 is 0.762 bits per heavy atom. The van der Waals surface area contributed by atoms with Crippen molar-refractivity contribution in [3.05, 3.63) is 0 Å². The first-order chi connectivity index (χ1) is 10.1. The lowest BCUT2D eigenvalue weighted by atomic mass is 10.2. The van der Waals surface area contributed by atoms with Gasteiger partial charge in [0.25, 0.3) is 0 Å². The average Bonchev–Trinajstić information content (AvgIpc) is 2.50. The zero-order valence-electron chi connectivity index (χ0n) is 13.9. The Morgan fingerprint density at radius 2 is 1.38 bits per heavy atom. The lowest BCUT2D eigenvalue weighted by Gasteiger charge is -2.50. The molecule has 0 saturated carbocycles. The summed E-state index contributed by atoms with van der Waals surface area (Å²) in [6.07, 6.45) is 0. The summed E-state index contributed by atoms with van der Waals surface area (Å²) in [6.45, 7) is 17.2. The van der Waals surface area contributed by atoms with Crippen molar-refractivity contribution in [1.82, 2.24) is 30.7 Å². The predicted octanol–water partition coefficient (Wildman–Crippen LogP) is -0.590. The van der Waals surface area contributed by atoms with Crippen LogP contribution in [0.1, 0.15) is 20.8 Å². The molecule has 3 heterocycles. The van der Waals surface area contributed by atoms with Crippen LogP contribution in [-0.4, -0.2) is 97.1 Å². The van der Waals surface area contributed by atoms with Crippen LogP contribution >= 0.6 is 0 Å². The first-order valence-electron chi connectivity index (χ1n) is 8.62. The molecule has 3 fully saturated rings. The minimum Gasteiger partial charge on any atom is -0.314 e. The van der Waals surface area contributed by atoms with E-state index in [9.17, 15) is 0 Å². The van der Waals surface area contributed by atoms with Gasteiger partial charge in [-0.3, -0.25) is 0 Å². The maximum atomic E-state index is 3.57. The molecule has 3 aliphatic rings. The van der Waals surface area contributed by atoms with Crippen LogP contribution in [0.25, 0.3) is 0 Å². The SMILES string of the molecule is CC1CN(N2CCN(N3CCNCC3C)CC2)C(C)CN1. The van der Waals surface area contributed by atoms with Crippen molar-refractivity contribution in [2.24, 2.45) is 0 Å². The fourth-order valence-electron chi connectivity index (χ4n) is 3.85. The minimum atomic E-state index is 0.604. The summed E-state index contributed by atoms with van der Waals surface area (Å²) in [4.78, 5) is 0. The number of nitrogens with zero attached hydrogens (tertiary/aromatic N) is 4. The van der Waals surface area contributed by atoms with Gasteiger partial charge in [0.15, 0.2) is 0 Å². The highest BCUT2D eigenvalue weighted by Gasteiger charge is 2.32. The molecule has 0 spiro atoms. The van der Waals surface area contributed by atoms with E-state index in [4.69, 9.17) is 0 Å². The molecule has 3 atom stereocenters. The van der Waals surface area contributed by atoms with E-state index in [1.807, 2.05) is 0 Å². The molecule has 0 amide bonds. The summed E-state index contributed by atoms with van der Waals surface area (Å²) >= 11 is 0. The maximum absolute atomic E-state index is 3.57. The van der Waals surface area contributed by atoms with E-state index < -0.39 is 0 Å². The largest absolute Gasteiger partial charge is 0.314 e. The number of hydrazine groups is 2. The molecule has 3 rings (SSSR count). The second-order valence-electron chi connectivity index (χ2n) is 6.90. The van der Waals surface area contributed by atoms with E-state index in [0.717, 1.165) is 58.9 Å². The fraction of sp³-hybridized carbons (Fsp3) is 1.00. The van der Waals surface area contributed by atoms with E-state index >= 15 is 0 Å². The molecule has 0 aromatic rings.